The highest BCUT2D eigenvalue weighted by Gasteiger charge is 2.57. The van der Waals surface area contributed by atoms with Crippen molar-refractivity contribution in [3.63, 3.8) is 0 Å². The molecule has 1 amide bonds. The number of amides is 1. The molecule has 1 aliphatic heterocycles. The van der Waals surface area contributed by atoms with Gasteiger partial charge in [-0.3, -0.25) is 9.63 Å². The van der Waals surface area contributed by atoms with E-state index in [0.717, 1.165) is 23.1 Å². The molecule has 1 heterocycles. The lowest BCUT2D eigenvalue weighted by atomic mass is 9.45. The van der Waals surface area contributed by atoms with Gasteiger partial charge in [-0.1, -0.05) is 75.1 Å². The minimum absolute atomic E-state index is 0.0833. The Hall–Kier alpha value is -2.73. The van der Waals surface area contributed by atoms with E-state index >= 15 is 0 Å². The Kier molecular flexibility index (Phi) is 8.35. The summed E-state index contributed by atoms with van der Waals surface area (Å²) in [6.07, 6.45) is 0.648. The lowest BCUT2D eigenvalue weighted by molar-refractivity contribution is -0.183. The molecular weight excluding hydrogens is 516 g/mol. The van der Waals surface area contributed by atoms with Gasteiger partial charge in [0.05, 0.1) is 19.3 Å². The molecular formula is C34H44N2O5. The standard InChI is InChI=1S/C34H44N2O5/c1-21-27-17-26(33(27,3)4)18-28(21)35-32(39)31-30(22(2)38)29(20-37)41-36(31)19-24-11-9-10-23(16-24)14-15-34(5,40)25-12-7-6-8-13-25/h6-13,16,21-22,26-31,37-38,40H,17-20H2,1-5H3,(H,35,39)/t21-,22-,26?,27?,28-,29-,30+,31-,34?/m0/s1. The summed E-state index contributed by atoms with van der Waals surface area (Å²) in [6.45, 7) is 10.2. The van der Waals surface area contributed by atoms with Crippen LogP contribution in [0.3, 0.4) is 0 Å². The van der Waals surface area contributed by atoms with Crippen molar-refractivity contribution in [3.05, 3.63) is 71.3 Å². The molecule has 2 bridgehead atoms. The van der Waals surface area contributed by atoms with E-state index in [-0.39, 0.29) is 25.1 Å². The molecule has 0 aromatic heterocycles. The van der Waals surface area contributed by atoms with Crippen molar-refractivity contribution >= 4 is 5.91 Å². The molecule has 9 atom stereocenters. The molecule has 2 aromatic rings. The number of hydrogen-bond acceptors (Lipinski definition) is 6. The van der Waals surface area contributed by atoms with E-state index in [2.05, 4.69) is 37.9 Å². The summed E-state index contributed by atoms with van der Waals surface area (Å²) >= 11 is 0. The van der Waals surface area contributed by atoms with Gasteiger partial charge >= 0.3 is 0 Å². The number of aliphatic hydroxyl groups excluding tert-OH is 2. The Morgan fingerprint density at radius 2 is 1.93 bits per heavy atom. The van der Waals surface area contributed by atoms with Crippen LogP contribution in [0, 0.1) is 40.9 Å². The second-order valence-electron chi connectivity index (χ2n) is 13.1. The number of fused-ring (bicyclic) bond motifs is 2. The van der Waals surface area contributed by atoms with E-state index in [4.69, 9.17) is 4.84 Å². The fourth-order valence-corrected chi connectivity index (χ4v) is 7.44. The zero-order valence-electron chi connectivity index (χ0n) is 24.7. The Bertz CT molecular complexity index is 1300. The van der Waals surface area contributed by atoms with Crippen LogP contribution >= 0.6 is 0 Å². The molecule has 2 aromatic carbocycles. The van der Waals surface area contributed by atoms with E-state index in [0.29, 0.717) is 23.2 Å². The Balaban J connectivity index is 1.34. The van der Waals surface area contributed by atoms with Crippen molar-refractivity contribution in [2.24, 2.45) is 29.1 Å². The van der Waals surface area contributed by atoms with Gasteiger partial charge in [-0.25, -0.2) is 0 Å². The number of hydroxylamine groups is 2. The van der Waals surface area contributed by atoms with Crippen molar-refractivity contribution < 1.29 is 25.0 Å². The maximum Gasteiger partial charge on any atom is 0.240 e. The van der Waals surface area contributed by atoms with E-state index in [1.165, 1.54) is 6.42 Å². The fraction of sp³-hybridized carbons (Fsp3) is 0.559. The summed E-state index contributed by atoms with van der Waals surface area (Å²) in [5, 5.41) is 36.6. The van der Waals surface area contributed by atoms with Crippen LogP contribution in [-0.4, -0.2) is 57.2 Å². The molecule has 7 nitrogen and oxygen atoms in total. The van der Waals surface area contributed by atoms with Gasteiger partial charge in [-0.2, -0.15) is 5.06 Å². The maximum atomic E-state index is 13.9. The molecule has 1 saturated heterocycles. The second-order valence-corrected chi connectivity index (χ2v) is 13.1. The highest BCUT2D eigenvalue weighted by atomic mass is 16.7. The van der Waals surface area contributed by atoms with Gasteiger partial charge in [-0.05, 0) is 73.1 Å². The van der Waals surface area contributed by atoms with E-state index in [9.17, 15) is 20.1 Å². The highest BCUT2D eigenvalue weighted by molar-refractivity contribution is 5.82. The number of benzene rings is 2. The average molecular weight is 561 g/mol. The monoisotopic (exact) mass is 560 g/mol. The quantitative estimate of drug-likeness (QED) is 0.386. The van der Waals surface area contributed by atoms with E-state index in [1.807, 2.05) is 54.6 Å². The number of carbonyl (C=O) groups is 1. The van der Waals surface area contributed by atoms with Crippen molar-refractivity contribution in [2.45, 2.75) is 83.9 Å². The first-order valence-corrected chi connectivity index (χ1v) is 14.8. The number of nitrogens with one attached hydrogen (secondary N) is 1. The molecule has 3 saturated carbocycles. The zero-order valence-corrected chi connectivity index (χ0v) is 24.7. The smallest absolute Gasteiger partial charge is 0.240 e. The molecule has 7 heteroatoms. The van der Waals surface area contributed by atoms with Gasteiger partial charge in [0, 0.05) is 17.5 Å². The number of carbonyl (C=O) groups excluding carboxylic acids is 1. The van der Waals surface area contributed by atoms with Crippen LogP contribution in [0.2, 0.25) is 0 Å². The largest absolute Gasteiger partial charge is 0.394 e. The van der Waals surface area contributed by atoms with Gasteiger partial charge in [0.15, 0.2) is 0 Å². The highest BCUT2D eigenvalue weighted by Crippen LogP contribution is 2.61. The Morgan fingerprint density at radius 1 is 1.20 bits per heavy atom. The average Bonchev–Trinajstić information content (AvgIpc) is 3.32. The van der Waals surface area contributed by atoms with Crippen molar-refractivity contribution in [3.8, 4) is 11.8 Å². The van der Waals surface area contributed by atoms with Gasteiger partial charge in [-0.15, -0.1) is 0 Å². The third-order valence-electron chi connectivity index (χ3n) is 10.1. The molecule has 0 spiro atoms. The summed E-state index contributed by atoms with van der Waals surface area (Å²) in [4.78, 5) is 20.0. The van der Waals surface area contributed by atoms with Gasteiger partial charge in [0.1, 0.15) is 17.7 Å². The van der Waals surface area contributed by atoms with Crippen molar-refractivity contribution in [1.82, 2.24) is 10.4 Å². The number of hydrogen-bond donors (Lipinski definition) is 4. The summed E-state index contributed by atoms with van der Waals surface area (Å²) in [5.74, 6) is 6.88. The molecule has 3 aliphatic carbocycles. The molecule has 4 aliphatic rings. The number of rotatable bonds is 7. The van der Waals surface area contributed by atoms with E-state index in [1.54, 1.807) is 18.9 Å². The van der Waals surface area contributed by atoms with Gasteiger partial charge in [0.2, 0.25) is 5.91 Å². The first-order chi connectivity index (χ1) is 19.4. The Labute approximate surface area is 243 Å². The summed E-state index contributed by atoms with van der Waals surface area (Å²) in [7, 11) is 0. The number of nitrogens with zero attached hydrogens (tertiary/aromatic N) is 1. The van der Waals surface area contributed by atoms with Crippen LogP contribution in [-0.2, 0) is 21.8 Å². The lowest BCUT2D eigenvalue weighted by Gasteiger charge is -2.62. The maximum absolute atomic E-state index is 13.9. The molecule has 6 rings (SSSR count). The van der Waals surface area contributed by atoms with Crippen LogP contribution in [0.15, 0.2) is 54.6 Å². The Morgan fingerprint density at radius 3 is 2.56 bits per heavy atom. The first kappa shape index (κ1) is 29.8. The lowest BCUT2D eigenvalue weighted by Crippen LogP contribution is -2.62. The minimum Gasteiger partial charge on any atom is -0.394 e. The normalized spacial score (nSPS) is 32.6. The van der Waals surface area contributed by atoms with Gasteiger partial charge in [0.25, 0.3) is 0 Å². The third-order valence-corrected chi connectivity index (χ3v) is 10.1. The SMILES string of the molecule is C[C@H](O)[C@@H]1[C@H](CO)ON(Cc2cccc(C#CC(C)(O)c3ccccc3)c2)[C@@H]1C(=O)N[C@H]1CC2CC([C@@H]1C)C2(C)C. The van der Waals surface area contributed by atoms with Crippen LogP contribution in [0.25, 0.3) is 0 Å². The number of aliphatic hydroxyl groups is 3. The van der Waals surface area contributed by atoms with Crippen LogP contribution in [0.4, 0.5) is 0 Å². The fourth-order valence-electron chi connectivity index (χ4n) is 7.44. The van der Waals surface area contributed by atoms with Crippen LogP contribution in [0.1, 0.15) is 64.2 Å². The topological polar surface area (TPSA) is 102 Å². The van der Waals surface area contributed by atoms with Crippen LogP contribution < -0.4 is 5.32 Å². The molecule has 3 unspecified atom stereocenters. The molecule has 0 radical (unpaired) electrons. The van der Waals surface area contributed by atoms with Crippen molar-refractivity contribution in [1.29, 1.82) is 0 Å². The third kappa shape index (κ3) is 5.82. The van der Waals surface area contributed by atoms with Crippen molar-refractivity contribution in [2.75, 3.05) is 6.61 Å². The summed E-state index contributed by atoms with van der Waals surface area (Å²) in [6, 6.07) is 16.3. The van der Waals surface area contributed by atoms with Gasteiger partial charge < -0.3 is 20.6 Å². The molecule has 41 heavy (non-hydrogen) atoms. The molecule has 4 N–H and O–H groups in total. The molecule has 4 fully saturated rings. The second kappa shape index (κ2) is 11.5. The predicted octanol–water partition coefficient (Wildman–Crippen LogP) is 3.61. The summed E-state index contributed by atoms with van der Waals surface area (Å²) < 4.78 is 0. The summed E-state index contributed by atoms with van der Waals surface area (Å²) in [5.41, 5.74) is 1.32. The predicted molar refractivity (Wildman–Crippen MR) is 157 cm³/mol. The van der Waals surface area contributed by atoms with Crippen LogP contribution in [0.5, 0.6) is 0 Å². The molecule has 220 valence electrons. The zero-order chi connectivity index (χ0) is 29.5. The minimum atomic E-state index is -1.30. The van der Waals surface area contributed by atoms with E-state index < -0.39 is 29.8 Å². The first-order valence-electron chi connectivity index (χ1n) is 14.8.